The molecule has 0 saturated carbocycles. The van der Waals surface area contributed by atoms with E-state index in [1.807, 2.05) is 18.2 Å². The summed E-state index contributed by atoms with van der Waals surface area (Å²) in [5.41, 5.74) is 0.822. The smallest absolute Gasteiger partial charge is 0.387 e. The van der Waals surface area contributed by atoms with E-state index in [0.717, 1.165) is 24.4 Å². The van der Waals surface area contributed by atoms with Crippen molar-refractivity contribution in [3.05, 3.63) is 54.0 Å². The summed E-state index contributed by atoms with van der Waals surface area (Å²) < 4.78 is 34.8. The van der Waals surface area contributed by atoms with Crippen LogP contribution in [0, 0.1) is 0 Å². The first-order valence-electron chi connectivity index (χ1n) is 9.41. The van der Waals surface area contributed by atoms with E-state index in [9.17, 15) is 8.78 Å². The van der Waals surface area contributed by atoms with Gasteiger partial charge in [-0.1, -0.05) is 12.1 Å². The number of nitrogens with zero attached hydrogens (tertiary/aromatic N) is 2. The summed E-state index contributed by atoms with van der Waals surface area (Å²) in [5.74, 6) is 1.71. The molecule has 1 aromatic carbocycles. The molecule has 2 heterocycles. The molecule has 0 amide bonds. The van der Waals surface area contributed by atoms with E-state index < -0.39 is 6.61 Å². The number of hydrogen-bond acceptors (Lipinski definition) is 4. The summed E-state index contributed by atoms with van der Waals surface area (Å²) in [5, 5.41) is 6.54. The number of rotatable bonds is 8. The van der Waals surface area contributed by atoms with Crippen molar-refractivity contribution in [3.63, 3.8) is 0 Å². The zero-order valence-corrected chi connectivity index (χ0v) is 18.6. The van der Waals surface area contributed by atoms with Gasteiger partial charge in [0.25, 0.3) is 0 Å². The molecule has 1 aliphatic heterocycles. The molecule has 6 nitrogen and oxygen atoms in total. The van der Waals surface area contributed by atoms with Crippen LogP contribution in [0.5, 0.6) is 5.75 Å². The number of furan rings is 1. The van der Waals surface area contributed by atoms with Gasteiger partial charge in [0.05, 0.1) is 12.3 Å². The van der Waals surface area contributed by atoms with Crippen molar-refractivity contribution in [2.45, 2.75) is 32.0 Å². The maximum Gasteiger partial charge on any atom is 0.387 e. The van der Waals surface area contributed by atoms with Gasteiger partial charge in [-0.2, -0.15) is 8.78 Å². The van der Waals surface area contributed by atoms with E-state index in [-0.39, 0.29) is 35.8 Å². The largest absolute Gasteiger partial charge is 0.468 e. The highest BCUT2D eigenvalue weighted by molar-refractivity contribution is 14.0. The quantitative estimate of drug-likeness (QED) is 0.313. The molecule has 29 heavy (non-hydrogen) atoms. The first-order chi connectivity index (χ1) is 13.7. The summed E-state index contributed by atoms with van der Waals surface area (Å²) in [6, 6.07) is 10.7. The van der Waals surface area contributed by atoms with Gasteiger partial charge in [-0.3, -0.25) is 9.89 Å². The van der Waals surface area contributed by atoms with Crippen LogP contribution in [-0.4, -0.2) is 44.2 Å². The minimum absolute atomic E-state index is 0. The fourth-order valence-corrected chi connectivity index (χ4v) is 3.38. The number of hydrogen-bond donors (Lipinski definition) is 2. The zero-order chi connectivity index (χ0) is 19.8. The lowest BCUT2D eigenvalue weighted by Crippen LogP contribution is -2.42. The second-order valence-electron chi connectivity index (χ2n) is 6.61. The summed E-state index contributed by atoms with van der Waals surface area (Å²) in [6.45, 7) is 0.366. The predicted molar refractivity (Wildman–Crippen MR) is 119 cm³/mol. The van der Waals surface area contributed by atoms with Crippen molar-refractivity contribution < 1.29 is 17.9 Å². The lowest BCUT2D eigenvalue weighted by molar-refractivity contribution is -0.0498. The molecule has 3 rings (SSSR count). The van der Waals surface area contributed by atoms with Crippen LogP contribution in [0.4, 0.5) is 8.78 Å². The van der Waals surface area contributed by atoms with Gasteiger partial charge in [-0.05, 0) is 55.8 Å². The standard InChI is InChI=1S/C20H26F2N4O2.HI/c1-23-20(24-13-15-6-4-7-16(12-15)28-19(21)22)25-14-17(18-8-5-11-27-18)26-9-2-3-10-26;/h4-8,11-12,17,19H,2-3,9-10,13-14H2,1H3,(H2,23,24,25);1H. The van der Waals surface area contributed by atoms with Crippen LogP contribution in [0.1, 0.15) is 30.2 Å². The van der Waals surface area contributed by atoms with Crippen LogP contribution in [0.15, 0.2) is 52.1 Å². The molecule has 0 aliphatic carbocycles. The average Bonchev–Trinajstić information content (AvgIpc) is 3.39. The minimum atomic E-state index is -2.83. The zero-order valence-electron chi connectivity index (χ0n) is 16.3. The van der Waals surface area contributed by atoms with E-state index >= 15 is 0 Å². The van der Waals surface area contributed by atoms with Gasteiger partial charge in [-0.15, -0.1) is 24.0 Å². The highest BCUT2D eigenvalue weighted by Gasteiger charge is 2.25. The Bertz CT molecular complexity index is 753. The molecule has 0 bridgehead atoms. The third-order valence-electron chi connectivity index (χ3n) is 4.72. The number of aliphatic imine (C=N–C) groups is 1. The van der Waals surface area contributed by atoms with Crippen molar-refractivity contribution in [3.8, 4) is 5.75 Å². The topological polar surface area (TPSA) is 62.0 Å². The molecular formula is C20H27F2IN4O2. The SMILES string of the molecule is CN=C(NCc1cccc(OC(F)F)c1)NCC(c1ccco1)N1CCCC1.I. The summed E-state index contributed by atoms with van der Waals surface area (Å²) in [7, 11) is 1.70. The van der Waals surface area contributed by atoms with Crippen LogP contribution in [-0.2, 0) is 6.54 Å². The highest BCUT2D eigenvalue weighted by Crippen LogP contribution is 2.24. The van der Waals surface area contributed by atoms with Crippen LogP contribution in [0.2, 0.25) is 0 Å². The molecule has 2 aromatic rings. The summed E-state index contributed by atoms with van der Waals surface area (Å²) >= 11 is 0. The Hall–Kier alpha value is -1.88. The number of ether oxygens (including phenoxy) is 1. The molecule has 2 N–H and O–H groups in total. The first kappa shape index (κ1) is 23.4. The van der Waals surface area contributed by atoms with E-state index in [2.05, 4.69) is 25.3 Å². The van der Waals surface area contributed by atoms with Crippen LogP contribution in [0.25, 0.3) is 0 Å². The predicted octanol–water partition coefficient (Wildman–Crippen LogP) is 4.00. The van der Waals surface area contributed by atoms with Gasteiger partial charge in [0.2, 0.25) is 0 Å². The van der Waals surface area contributed by atoms with Crippen LogP contribution < -0.4 is 15.4 Å². The van der Waals surface area contributed by atoms with Gasteiger partial charge in [0, 0.05) is 20.1 Å². The lowest BCUT2D eigenvalue weighted by atomic mass is 10.2. The summed E-state index contributed by atoms with van der Waals surface area (Å²) in [4.78, 5) is 6.65. The molecule has 1 unspecified atom stereocenters. The molecule has 0 spiro atoms. The molecule has 1 fully saturated rings. The van der Waals surface area contributed by atoms with Crippen molar-refractivity contribution in [1.82, 2.24) is 15.5 Å². The number of benzene rings is 1. The molecule has 160 valence electrons. The van der Waals surface area contributed by atoms with Gasteiger partial charge in [0.15, 0.2) is 5.96 Å². The number of nitrogens with one attached hydrogen (secondary N) is 2. The Balaban J connectivity index is 0.00000300. The molecule has 1 saturated heterocycles. The molecule has 1 aromatic heterocycles. The van der Waals surface area contributed by atoms with Crippen molar-refractivity contribution >= 4 is 29.9 Å². The van der Waals surface area contributed by atoms with Crippen molar-refractivity contribution in [1.29, 1.82) is 0 Å². The fourth-order valence-electron chi connectivity index (χ4n) is 3.38. The van der Waals surface area contributed by atoms with E-state index in [4.69, 9.17) is 4.42 Å². The Morgan fingerprint density at radius 2 is 2.00 bits per heavy atom. The molecular weight excluding hydrogens is 493 g/mol. The second kappa shape index (κ2) is 12.0. The van der Waals surface area contributed by atoms with E-state index in [1.165, 1.54) is 18.9 Å². The third kappa shape index (κ3) is 7.14. The minimum Gasteiger partial charge on any atom is -0.468 e. The first-order valence-corrected chi connectivity index (χ1v) is 9.41. The molecule has 1 atom stereocenters. The average molecular weight is 520 g/mol. The van der Waals surface area contributed by atoms with E-state index in [1.54, 1.807) is 25.4 Å². The van der Waals surface area contributed by atoms with Gasteiger partial charge in [0.1, 0.15) is 11.5 Å². The second-order valence-corrected chi connectivity index (χ2v) is 6.61. The van der Waals surface area contributed by atoms with Crippen molar-refractivity contribution in [2.24, 2.45) is 4.99 Å². The Kier molecular flexibility index (Phi) is 9.65. The fraction of sp³-hybridized carbons (Fsp3) is 0.450. The van der Waals surface area contributed by atoms with Gasteiger partial charge >= 0.3 is 6.61 Å². The van der Waals surface area contributed by atoms with Gasteiger partial charge < -0.3 is 19.8 Å². The maximum atomic E-state index is 12.4. The lowest BCUT2D eigenvalue weighted by Gasteiger charge is -2.26. The number of likely N-dealkylation sites (tertiary alicyclic amines) is 1. The molecule has 9 heteroatoms. The number of guanidine groups is 1. The Labute approximate surface area is 186 Å². The molecule has 1 aliphatic rings. The highest BCUT2D eigenvalue weighted by atomic mass is 127. The monoisotopic (exact) mass is 520 g/mol. The van der Waals surface area contributed by atoms with Gasteiger partial charge in [-0.25, -0.2) is 0 Å². The number of halogens is 3. The third-order valence-corrected chi connectivity index (χ3v) is 4.72. The van der Waals surface area contributed by atoms with E-state index in [0.29, 0.717) is 19.0 Å². The molecule has 0 radical (unpaired) electrons. The summed E-state index contributed by atoms with van der Waals surface area (Å²) in [6.07, 6.45) is 4.09. The van der Waals surface area contributed by atoms with Crippen LogP contribution in [0.3, 0.4) is 0 Å². The van der Waals surface area contributed by atoms with Crippen molar-refractivity contribution in [2.75, 3.05) is 26.7 Å². The van der Waals surface area contributed by atoms with Crippen LogP contribution >= 0.6 is 24.0 Å². The maximum absolute atomic E-state index is 12.4. The Morgan fingerprint density at radius 3 is 2.66 bits per heavy atom. The normalized spacial score (nSPS) is 15.8. The number of alkyl halides is 2. The Morgan fingerprint density at radius 1 is 1.21 bits per heavy atom.